The molecular weight excluding hydrogens is 456 g/mol. The molecule has 0 bridgehead atoms. The van der Waals surface area contributed by atoms with E-state index in [0.29, 0.717) is 5.95 Å². The summed E-state index contributed by atoms with van der Waals surface area (Å²) in [6.07, 6.45) is 3.73. The monoisotopic (exact) mass is 486 g/mol. The van der Waals surface area contributed by atoms with E-state index in [0.717, 1.165) is 85.9 Å². The van der Waals surface area contributed by atoms with Crippen LogP contribution < -0.4 is 15.1 Å². The molecule has 1 unspecified atom stereocenters. The van der Waals surface area contributed by atoms with Crippen LogP contribution in [0, 0.1) is 6.92 Å². The third-order valence-electron chi connectivity index (χ3n) is 6.78. The van der Waals surface area contributed by atoms with Crippen molar-refractivity contribution < 1.29 is 4.52 Å². The molecule has 11 heteroatoms. The van der Waals surface area contributed by atoms with Crippen molar-refractivity contribution >= 4 is 23.4 Å². The Labute approximate surface area is 209 Å². The molecule has 36 heavy (non-hydrogen) atoms. The zero-order valence-electron chi connectivity index (χ0n) is 20.6. The molecule has 0 aromatic carbocycles. The number of nitrogens with zero attached hydrogens (tertiary/aromatic N) is 8. The van der Waals surface area contributed by atoms with Gasteiger partial charge in [0, 0.05) is 62.8 Å². The molecule has 6 heterocycles. The van der Waals surface area contributed by atoms with Crippen LogP contribution in [0.1, 0.15) is 30.3 Å². The maximum absolute atomic E-state index is 5.81. The van der Waals surface area contributed by atoms with Gasteiger partial charge < -0.3 is 24.5 Å². The fourth-order valence-corrected chi connectivity index (χ4v) is 4.81. The number of hydrogen-bond acceptors (Lipinski definition) is 10. The van der Waals surface area contributed by atoms with Crippen molar-refractivity contribution in [3.63, 3.8) is 0 Å². The van der Waals surface area contributed by atoms with Gasteiger partial charge in [0.15, 0.2) is 11.6 Å². The molecule has 0 amide bonds. The number of hydrogen-bond donors (Lipinski definition) is 2. The quantitative estimate of drug-likeness (QED) is 0.420. The number of piperazine rings is 1. The Kier molecular flexibility index (Phi) is 5.98. The fraction of sp³-hybridized carbons (Fsp3) is 0.400. The minimum absolute atomic E-state index is 0.0122. The lowest BCUT2D eigenvalue weighted by atomic mass is 10.1. The molecule has 2 fully saturated rings. The number of aryl methyl sites for hydroxylation is 1. The molecule has 2 N–H and O–H groups in total. The Hall–Kier alpha value is -3.99. The summed E-state index contributed by atoms with van der Waals surface area (Å²) >= 11 is 0. The van der Waals surface area contributed by atoms with E-state index in [9.17, 15) is 0 Å². The first kappa shape index (κ1) is 22.5. The minimum Gasteiger partial charge on any atom is -0.358 e. The van der Waals surface area contributed by atoms with Crippen LogP contribution >= 0.6 is 0 Å². The highest BCUT2D eigenvalue weighted by Crippen LogP contribution is 2.37. The summed E-state index contributed by atoms with van der Waals surface area (Å²) in [6.45, 7) is 6.67. The van der Waals surface area contributed by atoms with E-state index in [1.54, 1.807) is 6.20 Å². The summed E-state index contributed by atoms with van der Waals surface area (Å²) in [7, 11) is 2.15. The number of aromatic amines is 1. The molecule has 6 rings (SSSR count). The highest BCUT2D eigenvalue weighted by molar-refractivity contribution is 5.61. The summed E-state index contributed by atoms with van der Waals surface area (Å²) in [5.74, 6) is 3.85. The summed E-state index contributed by atoms with van der Waals surface area (Å²) in [5, 5.41) is 15.0. The number of aromatic nitrogens is 6. The number of likely N-dealkylation sites (N-methyl/N-ethyl adjacent to an activating group) is 1. The van der Waals surface area contributed by atoms with Crippen LogP contribution in [0.25, 0.3) is 11.4 Å². The first-order valence-electron chi connectivity index (χ1n) is 12.4. The number of rotatable bonds is 6. The molecule has 2 aliphatic heterocycles. The van der Waals surface area contributed by atoms with Gasteiger partial charge in [-0.25, -0.2) is 0 Å². The van der Waals surface area contributed by atoms with Crippen molar-refractivity contribution in [1.82, 2.24) is 35.2 Å². The third-order valence-corrected chi connectivity index (χ3v) is 6.78. The van der Waals surface area contributed by atoms with Crippen LogP contribution in [0.5, 0.6) is 0 Å². The summed E-state index contributed by atoms with van der Waals surface area (Å²) in [5.41, 5.74) is 2.52. The van der Waals surface area contributed by atoms with Crippen molar-refractivity contribution in [2.45, 2.75) is 25.8 Å². The largest absolute Gasteiger partial charge is 0.358 e. The Morgan fingerprint density at radius 1 is 1.00 bits per heavy atom. The lowest BCUT2D eigenvalue weighted by Gasteiger charge is -2.34. The van der Waals surface area contributed by atoms with Gasteiger partial charge in [-0.2, -0.15) is 15.1 Å². The molecule has 1 atom stereocenters. The summed E-state index contributed by atoms with van der Waals surface area (Å²) < 4.78 is 5.81. The molecule has 2 saturated heterocycles. The Bertz CT molecular complexity index is 1310. The van der Waals surface area contributed by atoms with E-state index >= 15 is 0 Å². The molecule has 11 nitrogen and oxygen atoms in total. The van der Waals surface area contributed by atoms with E-state index in [1.165, 1.54) is 0 Å². The first-order chi connectivity index (χ1) is 17.6. The van der Waals surface area contributed by atoms with Gasteiger partial charge in [-0.05, 0) is 38.9 Å². The highest BCUT2D eigenvalue weighted by Gasteiger charge is 2.32. The zero-order chi connectivity index (χ0) is 24.5. The van der Waals surface area contributed by atoms with Gasteiger partial charge in [0.25, 0.3) is 0 Å². The minimum atomic E-state index is 0.0122. The normalized spacial score (nSPS) is 18.7. The van der Waals surface area contributed by atoms with Gasteiger partial charge in [0.1, 0.15) is 17.3 Å². The Morgan fingerprint density at radius 2 is 1.89 bits per heavy atom. The Morgan fingerprint density at radius 3 is 2.67 bits per heavy atom. The van der Waals surface area contributed by atoms with E-state index in [-0.39, 0.29) is 6.04 Å². The number of pyridine rings is 1. The van der Waals surface area contributed by atoms with E-state index < -0.39 is 0 Å². The van der Waals surface area contributed by atoms with Gasteiger partial charge >= 0.3 is 0 Å². The van der Waals surface area contributed by atoms with Crippen LogP contribution in [0.3, 0.4) is 0 Å². The summed E-state index contributed by atoms with van der Waals surface area (Å²) in [4.78, 5) is 21.2. The SMILES string of the molecule is Cc1cc(Nc2cc(N3CCN(C)CC3)nc(N3CCCC3c3cc(-c4ccccn4)no3)n2)n[nH]1. The van der Waals surface area contributed by atoms with Crippen LogP contribution in [0.2, 0.25) is 0 Å². The highest BCUT2D eigenvalue weighted by atomic mass is 16.5. The van der Waals surface area contributed by atoms with Gasteiger partial charge in [-0.15, -0.1) is 0 Å². The fourth-order valence-electron chi connectivity index (χ4n) is 4.81. The lowest BCUT2D eigenvalue weighted by molar-refractivity contribution is 0.312. The molecule has 0 radical (unpaired) electrons. The van der Waals surface area contributed by atoms with E-state index in [4.69, 9.17) is 14.5 Å². The second-order valence-corrected chi connectivity index (χ2v) is 9.44. The first-order valence-corrected chi connectivity index (χ1v) is 12.4. The lowest BCUT2D eigenvalue weighted by Crippen LogP contribution is -2.45. The van der Waals surface area contributed by atoms with Crippen molar-refractivity contribution in [3.05, 3.63) is 54.0 Å². The maximum atomic E-state index is 5.81. The van der Waals surface area contributed by atoms with Crippen LogP contribution in [-0.4, -0.2) is 75.0 Å². The second kappa shape index (κ2) is 9.57. The number of H-pyrrole nitrogens is 1. The second-order valence-electron chi connectivity index (χ2n) is 9.44. The molecular formula is C25H30N10O. The number of anilines is 4. The molecule has 2 aliphatic rings. The summed E-state index contributed by atoms with van der Waals surface area (Å²) in [6, 6.07) is 11.8. The topological polar surface area (TPSA) is 115 Å². The van der Waals surface area contributed by atoms with Crippen molar-refractivity contribution in [1.29, 1.82) is 0 Å². The maximum Gasteiger partial charge on any atom is 0.229 e. The predicted molar refractivity (Wildman–Crippen MR) is 137 cm³/mol. The van der Waals surface area contributed by atoms with Gasteiger partial charge in [0.05, 0.1) is 11.7 Å². The van der Waals surface area contributed by atoms with E-state index in [2.05, 4.69) is 47.4 Å². The van der Waals surface area contributed by atoms with Crippen molar-refractivity contribution in [3.8, 4) is 11.4 Å². The van der Waals surface area contributed by atoms with Crippen molar-refractivity contribution in [2.75, 3.05) is 54.9 Å². The standard InChI is InChI=1S/C25H30N10O/c1-17-14-23(31-30-17)27-22-16-24(34-12-10-33(2)11-13-34)29-25(28-22)35-9-5-7-20(35)21-15-19(32-36-21)18-6-3-4-8-26-18/h3-4,6,8,14-16,20H,5,7,9-13H2,1-2H3,(H2,27,28,29,30,31). The number of nitrogens with one attached hydrogen (secondary N) is 2. The molecule has 4 aromatic rings. The van der Waals surface area contributed by atoms with Crippen LogP contribution in [-0.2, 0) is 0 Å². The predicted octanol–water partition coefficient (Wildman–Crippen LogP) is 3.40. The molecule has 0 saturated carbocycles. The van der Waals surface area contributed by atoms with Gasteiger partial charge in [-0.1, -0.05) is 11.2 Å². The zero-order valence-corrected chi connectivity index (χ0v) is 20.6. The molecule has 186 valence electrons. The Balaban J connectivity index is 1.32. The van der Waals surface area contributed by atoms with Gasteiger partial charge in [0.2, 0.25) is 5.95 Å². The van der Waals surface area contributed by atoms with E-state index in [1.807, 2.05) is 43.3 Å². The van der Waals surface area contributed by atoms with Crippen LogP contribution in [0.4, 0.5) is 23.4 Å². The molecule has 4 aromatic heterocycles. The third kappa shape index (κ3) is 4.61. The smallest absolute Gasteiger partial charge is 0.229 e. The molecule has 0 aliphatic carbocycles. The van der Waals surface area contributed by atoms with Crippen molar-refractivity contribution in [2.24, 2.45) is 0 Å². The van der Waals surface area contributed by atoms with Gasteiger partial charge in [-0.3, -0.25) is 10.1 Å². The average Bonchev–Trinajstić information content (AvgIpc) is 3.66. The molecule has 0 spiro atoms. The average molecular weight is 487 g/mol. The van der Waals surface area contributed by atoms with Crippen LogP contribution in [0.15, 0.2) is 47.1 Å².